The van der Waals surface area contributed by atoms with Crippen molar-refractivity contribution in [3.05, 3.63) is 124 Å². The van der Waals surface area contributed by atoms with Gasteiger partial charge in [0.05, 0.1) is 6.57 Å². The van der Waals surface area contributed by atoms with Crippen LogP contribution in [0, 0.1) is 20.4 Å². The minimum absolute atomic E-state index is 0.0730. The Bertz CT molecular complexity index is 1700. The first kappa shape index (κ1) is 35.6. The smallest absolute Gasteiger partial charge is 0.195 e. The van der Waals surface area contributed by atoms with Gasteiger partial charge in [0, 0.05) is 55.1 Å². The van der Waals surface area contributed by atoms with Crippen LogP contribution in [0.5, 0.6) is 0 Å². The van der Waals surface area contributed by atoms with Crippen LogP contribution in [-0.2, 0) is 5.41 Å². The summed E-state index contributed by atoms with van der Waals surface area (Å²) in [6, 6.07) is 27.0. The Labute approximate surface area is 293 Å². The highest BCUT2D eigenvalue weighted by Crippen LogP contribution is 2.57. The van der Waals surface area contributed by atoms with Gasteiger partial charge in [-0.3, -0.25) is 9.59 Å². The van der Waals surface area contributed by atoms with E-state index in [2.05, 4.69) is 72.9 Å². The van der Waals surface area contributed by atoms with Crippen molar-refractivity contribution >= 4 is 29.6 Å². The first-order valence-electron chi connectivity index (χ1n) is 18.0. The van der Waals surface area contributed by atoms with Crippen LogP contribution in [0.2, 0.25) is 0 Å². The van der Waals surface area contributed by atoms with E-state index in [-0.39, 0.29) is 5.41 Å². The van der Waals surface area contributed by atoms with Gasteiger partial charge in [-0.05, 0) is 110 Å². The summed E-state index contributed by atoms with van der Waals surface area (Å²) in [5.74, 6) is 0. The standard InChI is InChI=1S/C44H51N3O2/c1-33-14-23-39-40(28-33)44(41-29-34(2)30-42(45-3)43(39)41,24-10-6-8-12-26-46(4)37-19-15-35(31-48)16-20-37)25-11-7-9-13-27-47(5)38-21-17-36(32-49)18-22-38/h14-23,28-32H,6-13,24-27H2,1-2,4-5H3. The van der Waals surface area contributed by atoms with Gasteiger partial charge in [-0.2, -0.15) is 0 Å². The number of fused-ring (bicyclic) bond motifs is 3. The molecule has 0 N–H and O–H groups in total. The molecule has 0 amide bonds. The number of carbonyl (C=O) groups is 2. The van der Waals surface area contributed by atoms with Crippen molar-refractivity contribution in [1.29, 1.82) is 0 Å². The van der Waals surface area contributed by atoms with Crippen molar-refractivity contribution in [3.8, 4) is 11.1 Å². The average Bonchev–Trinajstić information content (AvgIpc) is 3.38. The molecule has 0 aromatic heterocycles. The van der Waals surface area contributed by atoms with Crippen molar-refractivity contribution in [2.45, 2.75) is 83.5 Å². The number of hydrogen-bond donors (Lipinski definition) is 0. The van der Waals surface area contributed by atoms with Crippen molar-refractivity contribution in [2.75, 3.05) is 37.0 Å². The molecule has 0 spiro atoms. The third-order valence-electron chi connectivity index (χ3n) is 10.5. The lowest BCUT2D eigenvalue weighted by molar-refractivity contribution is 0.111. The van der Waals surface area contributed by atoms with Crippen LogP contribution in [0.15, 0.2) is 78.9 Å². The minimum Gasteiger partial charge on any atom is -0.375 e. The van der Waals surface area contributed by atoms with Gasteiger partial charge in [0.15, 0.2) is 5.69 Å². The Balaban J connectivity index is 1.25. The monoisotopic (exact) mass is 653 g/mol. The van der Waals surface area contributed by atoms with E-state index in [1.165, 1.54) is 59.1 Å². The molecule has 254 valence electrons. The van der Waals surface area contributed by atoms with Crippen LogP contribution in [-0.4, -0.2) is 39.8 Å². The van der Waals surface area contributed by atoms with E-state index in [1.807, 2.05) is 48.5 Å². The molecule has 0 atom stereocenters. The topological polar surface area (TPSA) is 45.0 Å². The number of rotatable bonds is 18. The van der Waals surface area contributed by atoms with Crippen molar-refractivity contribution in [3.63, 3.8) is 0 Å². The molecule has 5 heteroatoms. The normalized spacial score (nSPS) is 12.6. The second-order valence-corrected chi connectivity index (χ2v) is 14.0. The number of carbonyl (C=O) groups excluding carboxylic acids is 2. The van der Waals surface area contributed by atoms with Gasteiger partial charge in [-0.1, -0.05) is 80.0 Å². The minimum atomic E-state index is -0.0730. The fraction of sp³-hybridized carbons (Fsp3) is 0.386. The summed E-state index contributed by atoms with van der Waals surface area (Å²) in [5.41, 5.74) is 12.1. The molecule has 0 saturated heterocycles. The van der Waals surface area contributed by atoms with Crippen LogP contribution in [0.4, 0.5) is 17.1 Å². The fourth-order valence-corrected chi connectivity index (χ4v) is 7.73. The van der Waals surface area contributed by atoms with Crippen LogP contribution < -0.4 is 9.80 Å². The number of hydrogen-bond acceptors (Lipinski definition) is 4. The predicted molar refractivity (Wildman–Crippen MR) is 205 cm³/mol. The third-order valence-corrected chi connectivity index (χ3v) is 10.5. The Morgan fingerprint density at radius 2 is 1.10 bits per heavy atom. The van der Waals surface area contributed by atoms with Gasteiger partial charge in [0.1, 0.15) is 12.6 Å². The lowest BCUT2D eigenvalue weighted by Gasteiger charge is -2.33. The van der Waals surface area contributed by atoms with Gasteiger partial charge >= 0.3 is 0 Å². The van der Waals surface area contributed by atoms with Crippen LogP contribution in [0.3, 0.4) is 0 Å². The van der Waals surface area contributed by atoms with E-state index in [9.17, 15) is 9.59 Å². The van der Waals surface area contributed by atoms with Crippen molar-refractivity contribution in [2.24, 2.45) is 0 Å². The van der Waals surface area contributed by atoms with E-state index < -0.39 is 0 Å². The fourth-order valence-electron chi connectivity index (χ4n) is 7.73. The van der Waals surface area contributed by atoms with E-state index in [0.29, 0.717) is 11.1 Å². The highest BCUT2D eigenvalue weighted by molar-refractivity contribution is 5.91. The zero-order chi connectivity index (χ0) is 34.8. The molecule has 0 aliphatic heterocycles. The molecule has 0 radical (unpaired) electrons. The summed E-state index contributed by atoms with van der Waals surface area (Å²) in [6.45, 7) is 14.4. The van der Waals surface area contributed by atoms with E-state index in [4.69, 9.17) is 6.57 Å². The molecule has 1 aliphatic carbocycles. The van der Waals surface area contributed by atoms with Crippen molar-refractivity contribution < 1.29 is 9.59 Å². The van der Waals surface area contributed by atoms with E-state index >= 15 is 0 Å². The maximum Gasteiger partial charge on any atom is 0.195 e. The Kier molecular flexibility index (Phi) is 12.1. The predicted octanol–water partition coefficient (Wildman–Crippen LogP) is 10.9. The number of anilines is 2. The number of benzene rings is 4. The molecule has 0 heterocycles. The molecule has 4 aromatic rings. The molecule has 0 saturated carbocycles. The summed E-state index contributed by atoms with van der Waals surface area (Å²) >= 11 is 0. The number of unbranched alkanes of at least 4 members (excludes halogenated alkanes) is 6. The first-order chi connectivity index (χ1) is 23.8. The average molecular weight is 654 g/mol. The largest absolute Gasteiger partial charge is 0.375 e. The van der Waals surface area contributed by atoms with E-state index in [1.54, 1.807) is 0 Å². The molecule has 0 bridgehead atoms. The molecule has 4 aromatic carbocycles. The van der Waals surface area contributed by atoms with E-state index in [0.717, 1.165) is 81.2 Å². The first-order valence-corrected chi connectivity index (χ1v) is 18.0. The van der Waals surface area contributed by atoms with Gasteiger partial charge in [0.2, 0.25) is 0 Å². The summed E-state index contributed by atoms with van der Waals surface area (Å²) in [5, 5.41) is 0. The Hall–Kier alpha value is -4.69. The van der Waals surface area contributed by atoms with Crippen LogP contribution >= 0.6 is 0 Å². The quantitative estimate of drug-likeness (QED) is 0.0609. The summed E-state index contributed by atoms with van der Waals surface area (Å²) in [4.78, 5) is 30.6. The van der Waals surface area contributed by atoms with Crippen LogP contribution in [0.1, 0.15) is 107 Å². The SMILES string of the molecule is [C-]#[N+]c1cc(C)cc2c1-c1ccc(C)cc1C2(CCCCCCN(C)c1ccc(C=O)cc1)CCCCCCN(C)c1ccc(C=O)cc1. The molecule has 5 nitrogen and oxygen atoms in total. The van der Waals surface area contributed by atoms with Gasteiger partial charge < -0.3 is 9.80 Å². The molecule has 1 aliphatic rings. The second-order valence-electron chi connectivity index (χ2n) is 14.0. The number of aldehydes is 2. The lowest BCUT2D eigenvalue weighted by atomic mass is 9.70. The zero-order valence-electron chi connectivity index (χ0n) is 29.8. The Morgan fingerprint density at radius 3 is 1.59 bits per heavy atom. The molecule has 5 rings (SSSR count). The highest BCUT2D eigenvalue weighted by Gasteiger charge is 2.43. The Morgan fingerprint density at radius 1 is 0.612 bits per heavy atom. The van der Waals surface area contributed by atoms with Crippen LogP contribution in [0.25, 0.3) is 16.0 Å². The molecule has 49 heavy (non-hydrogen) atoms. The zero-order valence-corrected chi connectivity index (χ0v) is 29.8. The highest BCUT2D eigenvalue weighted by atomic mass is 16.1. The second kappa shape index (κ2) is 16.6. The van der Waals surface area contributed by atoms with Gasteiger partial charge in [-0.25, -0.2) is 4.85 Å². The number of aryl methyl sites for hydroxylation is 2. The maximum atomic E-state index is 11.0. The summed E-state index contributed by atoms with van der Waals surface area (Å²) < 4.78 is 0. The summed E-state index contributed by atoms with van der Waals surface area (Å²) in [6.07, 6.45) is 13.2. The maximum absolute atomic E-state index is 11.0. The lowest BCUT2D eigenvalue weighted by Crippen LogP contribution is -2.26. The van der Waals surface area contributed by atoms with Gasteiger partial charge in [0.25, 0.3) is 0 Å². The summed E-state index contributed by atoms with van der Waals surface area (Å²) in [7, 11) is 4.25. The molecular weight excluding hydrogens is 603 g/mol. The van der Waals surface area contributed by atoms with Crippen molar-refractivity contribution in [1.82, 2.24) is 0 Å². The molecule has 0 fully saturated rings. The van der Waals surface area contributed by atoms with Gasteiger partial charge in [-0.15, -0.1) is 0 Å². The number of nitrogens with zero attached hydrogens (tertiary/aromatic N) is 3. The molecular formula is C44H51N3O2. The molecule has 0 unspecified atom stereocenters. The third kappa shape index (κ3) is 8.31.